The number of aromatic hydroxyl groups is 1. The highest BCUT2D eigenvalue weighted by Crippen LogP contribution is 2.30. The predicted octanol–water partition coefficient (Wildman–Crippen LogP) is 3.62. The van der Waals surface area contributed by atoms with Gasteiger partial charge in [0, 0.05) is 24.2 Å². The first-order chi connectivity index (χ1) is 12.4. The molecule has 0 bridgehead atoms. The van der Waals surface area contributed by atoms with Gasteiger partial charge in [-0.15, -0.1) is 0 Å². The topological polar surface area (TPSA) is 50.5 Å². The predicted molar refractivity (Wildman–Crippen MR) is 94.9 cm³/mol. The molecule has 1 aliphatic rings. The van der Waals surface area contributed by atoms with Crippen molar-refractivity contribution in [3.63, 3.8) is 0 Å². The Labute approximate surface area is 149 Å². The number of nitrogens with zero attached hydrogens (tertiary/aromatic N) is 3. The van der Waals surface area contributed by atoms with E-state index in [4.69, 9.17) is 4.74 Å². The second-order valence-electron chi connectivity index (χ2n) is 6.69. The summed E-state index contributed by atoms with van der Waals surface area (Å²) in [4.78, 5) is 2.24. The van der Waals surface area contributed by atoms with Crippen LogP contribution in [0.1, 0.15) is 13.8 Å². The molecule has 0 amide bonds. The third-order valence-electron chi connectivity index (χ3n) is 4.60. The maximum atomic E-state index is 14.3. The molecule has 1 N–H and O–H groups in total. The van der Waals surface area contributed by atoms with Crippen LogP contribution in [-0.4, -0.2) is 40.2 Å². The van der Waals surface area contributed by atoms with E-state index in [9.17, 15) is 13.9 Å². The first kappa shape index (κ1) is 16.8. The van der Waals surface area contributed by atoms with Crippen molar-refractivity contribution >= 4 is 16.6 Å². The summed E-state index contributed by atoms with van der Waals surface area (Å²) in [5.41, 5.74) is 1.72. The maximum absolute atomic E-state index is 14.3. The van der Waals surface area contributed by atoms with Gasteiger partial charge in [0.15, 0.2) is 17.4 Å². The van der Waals surface area contributed by atoms with E-state index in [1.54, 1.807) is 0 Å². The number of rotatable bonds is 2. The Kier molecular flexibility index (Phi) is 4.03. The molecule has 0 saturated carbocycles. The number of halogens is 2. The highest BCUT2D eigenvalue weighted by molar-refractivity contribution is 5.82. The number of fused-ring (bicyclic) bond motifs is 1. The van der Waals surface area contributed by atoms with Gasteiger partial charge in [0.1, 0.15) is 5.52 Å². The van der Waals surface area contributed by atoms with Gasteiger partial charge in [-0.1, -0.05) is 0 Å². The zero-order chi connectivity index (χ0) is 18.4. The van der Waals surface area contributed by atoms with Gasteiger partial charge in [-0.25, -0.2) is 13.5 Å². The van der Waals surface area contributed by atoms with Crippen molar-refractivity contribution in [3.8, 4) is 11.4 Å². The lowest BCUT2D eigenvalue weighted by atomic mass is 10.2. The average molecular weight is 359 g/mol. The first-order valence-corrected chi connectivity index (χ1v) is 8.49. The number of phenols is 1. The molecule has 26 heavy (non-hydrogen) atoms. The van der Waals surface area contributed by atoms with Crippen LogP contribution >= 0.6 is 0 Å². The molecule has 0 spiro atoms. The van der Waals surface area contributed by atoms with Crippen LogP contribution in [0.5, 0.6) is 5.75 Å². The van der Waals surface area contributed by atoms with E-state index in [0.717, 1.165) is 24.8 Å². The molecule has 2 atom stereocenters. The maximum Gasteiger partial charge on any atom is 0.194 e. The number of hydrogen-bond acceptors (Lipinski definition) is 4. The molecule has 1 fully saturated rings. The summed E-state index contributed by atoms with van der Waals surface area (Å²) in [7, 11) is 0. The Morgan fingerprint density at radius 2 is 1.69 bits per heavy atom. The monoisotopic (exact) mass is 359 g/mol. The minimum atomic E-state index is -1.02. The van der Waals surface area contributed by atoms with Crippen LogP contribution in [0.15, 0.2) is 36.5 Å². The second kappa shape index (κ2) is 6.25. The lowest BCUT2D eigenvalue weighted by Crippen LogP contribution is -2.45. The van der Waals surface area contributed by atoms with Crippen LogP contribution in [0.25, 0.3) is 16.6 Å². The molecule has 1 saturated heterocycles. The third kappa shape index (κ3) is 2.78. The van der Waals surface area contributed by atoms with Crippen LogP contribution in [-0.2, 0) is 4.74 Å². The van der Waals surface area contributed by atoms with Crippen LogP contribution in [0.2, 0.25) is 0 Å². The summed E-state index contributed by atoms with van der Waals surface area (Å²) in [6, 6.07) is 8.60. The molecule has 0 aliphatic carbocycles. The van der Waals surface area contributed by atoms with Gasteiger partial charge < -0.3 is 14.7 Å². The van der Waals surface area contributed by atoms with E-state index < -0.39 is 17.4 Å². The van der Waals surface area contributed by atoms with E-state index >= 15 is 0 Å². The second-order valence-corrected chi connectivity index (χ2v) is 6.69. The summed E-state index contributed by atoms with van der Waals surface area (Å²) in [6.07, 6.45) is 1.68. The number of phenolic OH excluding ortho intramolecular Hbond substituents is 1. The SMILES string of the molecule is CC1CN(c2ccc(-n3ncc4cc(F)c(O)c(F)c43)cc2)CC(C)O1. The Morgan fingerprint density at radius 1 is 1.08 bits per heavy atom. The van der Waals surface area contributed by atoms with Gasteiger partial charge in [0.05, 0.1) is 24.1 Å². The highest BCUT2D eigenvalue weighted by atomic mass is 19.1. The minimum absolute atomic E-state index is 0.0465. The number of hydrogen-bond donors (Lipinski definition) is 1. The summed E-state index contributed by atoms with van der Waals surface area (Å²) in [6.45, 7) is 5.69. The molecule has 5 nitrogen and oxygen atoms in total. The van der Waals surface area contributed by atoms with Gasteiger partial charge in [-0.05, 0) is 44.2 Å². The molecule has 2 heterocycles. The van der Waals surface area contributed by atoms with E-state index in [1.165, 1.54) is 10.9 Å². The van der Waals surface area contributed by atoms with Gasteiger partial charge in [-0.3, -0.25) is 0 Å². The molecule has 1 aromatic heterocycles. The summed E-state index contributed by atoms with van der Waals surface area (Å²) in [5.74, 6) is -3.01. The fourth-order valence-electron chi connectivity index (χ4n) is 3.50. The van der Waals surface area contributed by atoms with E-state index in [1.807, 2.05) is 38.1 Å². The largest absolute Gasteiger partial charge is 0.503 e. The van der Waals surface area contributed by atoms with Crippen molar-refractivity contribution in [2.45, 2.75) is 26.1 Å². The summed E-state index contributed by atoms with van der Waals surface area (Å²) < 4.78 is 34.9. The number of ether oxygens (including phenoxy) is 1. The van der Waals surface area contributed by atoms with Crippen LogP contribution < -0.4 is 4.90 Å². The van der Waals surface area contributed by atoms with Crippen molar-refractivity contribution in [2.75, 3.05) is 18.0 Å². The molecule has 7 heteroatoms. The molecule has 1 aliphatic heterocycles. The van der Waals surface area contributed by atoms with Crippen molar-refractivity contribution in [1.82, 2.24) is 9.78 Å². The number of morpholine rings is 1. The smallest absolute Gasteiger partial charge is 0.194 e. The average Bonchev–Trinajstić information content (AvgIpc) is 3.03. The number of benzene rings is 2. The molecule has 3 aromatic rings. The van der Waals surface area contributed by atoms with Gasteiger partial charge in [-0.2, -0.15) is 5.10 Å². The Morgan fingerprint density at radius 3 is 2.35 bits per heavy atom. The molecule has 4 rings (SSSR count). The standard InChI is InChI=1S/C19H19F2N3O2/c1-11-9-23(10-12(2)26-11)14-3-5-15(6-4-14)24-18-13(8-22-24)7-16(20)19(25)17(18)21/h3-8,11-12,25H,9-10H2,1-2H3. The lowest BCUT2D eigenvalue weighted by Gasteiger charge is -2.36. The molecule has 0 radical (unpaired) electrons. The quantitative estimate of drug-likeness (QED) is 0.759. The fraction of sp³-hybridized carbons (Fsp3) is 0.316. The minimum Gasteiger partial charge on any atom is -0.503 e. The Bertz CT molecular complexity index is 946. The van der Waals surface area contributed by atoms with Crippen molar-refractivity contribution < 1.29 is 18.6 Å². The van der Waals surface area contributed by atoms with E-state index in [-0.39, 0.29) is 23.1 Å². The molecule has 136 valence electrons. The summed E-state index contributed by atoms with van der Waals surface area (Å²) >= 11 is 0. The van der Waals surface area contributed by atoms with E-state index in [0.29, 0.717) is 5.69 Å². The lowest BCUT2D eigenvalue weighted by molar-refractivity contribution is -0.00521. The van der Waals surface area contributed by atoms with E-state index in [2.05, 4.69) is 10.00 Å². The van der Waals surface area contributed by atoms with Crippen LogP contribution in [0, 0.1) is 11.6 Å². The normalized spacial score (nSPS) is 20.7. The first-order valence-electron chi connectivity index (χ1n) is 8.49. The molecular formula is C19H19F2N3O2. The Hall–Kier alpha value is -2.67. The third-order valence-corrected chi connectivity index (χ3v) is 4.60. The van der Waals surface area contributed by atoms with Crippen LogP contribution in [0.4, 0.5) is 14.5 Å². The highest BCUT2D eigenvalue weighted by Gasteiger charge is 2.23. The zero-order valence-corrected chi connectivity index (χ0v) is 14.5. The molecule has 2 aromatic carbocycles. The molecular weight excluding hydrogens is 340 g/mol. The van der Waals surface area contributed by atoms with Gasteiger partial charge in [0.2, 0.25) is 0 Å². The Balaban J connectivity index is 1.70. The van der Waals surface area contributed by atoms with Crippen molar-refractivity contribution in [1.29, 1.82) is 0 Å². The van der Waals surface area contributed by atoms with Crippen molar-refractivity contribution in [2.24, 2.45) is 0 Å². The number of aromatic nitrogens is 2. The number of anilines is 1. The fourth-order valence-corrected chi connectivity index (χ4v) is 3.50. The van der Waals surface area contributed by atoms with Crippen molar-refractivity contribution in [3.05, 3.63) is 48.2 Å². The van der Waals surface area contributed by atoms with Crippen LogP contribution in [0.3, 0.4) is 0 Å². The summed E-state index contributed by atoms with van der Waals surface area (Å²) in [5, 5.41) is 14.0. The zero-order valence-electron chi connectivity index (χ0n) is 14.5. The van der Waals surface area contributed by atoms with Gasteiger partial charge >= 0.3 is 0 Å². The van der Waals surface area contributed by atoms with Gasteiger partial charge in [0.25, 0.3) is 0 Å². The molecule has 2 unspecified atom stereocenters.